The van der Waals surface area contributed by atoms with Crippen molar-refractivity contribution in [3.05, 3.63) is 36.0 Å². The Morgan fingerprint density at radius 2 is 2.12 bits per heavy atom. The normalized spacial score (nSPS) is 18.4. The second-order valence-electron chi connectivity index (χ2n) is 7.29. The van der Waals surface area contributed by atoms with Crippen LogP contribution in [0, 0.1) is 5.92 Å². The summed E-state index contributed by atoms with van der Waals surface area (Å²) in [6.45, 7) is 2.76. The lowest BCUT2D eigenvalue weighted by Gasteiger charge is -2.32. The Hall–Kier alpha value is -1.73. The smallest absolute Gasteiger partial charge is 0.289 e. The third-order valence-corrected chi connectivity index (χ3v) is 6.25. The van der Waals surface area contributed by atoms with E-state index < -0.39 is 0 Å². The van der Waals surface area contributed by atoms with Crippen molar-refractivity contribution < 1.29 is 9.21 Å². The first-order valence-electron chi connectivity index (χ1n) is 9.40. The summed E-state index contributed by atoms with van der Waals surface area (Å²) < 4.78 is 7.76. The van der Waals surface area contributed by atoms with Gasteiger partial charge in [-0.2, -0.15) is 0 Å². The Balaban J connectivity index is 1.25. The number of hydrogen-bond acceptors (Lipinski definition) is 5. The minimum absolute atomic E-state index is 0.0129. The van der Waals surface area contributed by atoms with Crippen LogP contribution >= 0.6 is 11.8 Å². The van der Waals surface area contributed by atoms with Gasteiger partial charge in [0.1, 0.15) is 5.76 Å². The number of carbonyl (C=O) groups excluding carboxylic acids is 1. The number of hydrogen-bond donors (Lipinski definition) is 1. The van der Waals surface area contributed by atoms with Crippen LogP contribution in [0.5, 0.6) is 0 Å². The highest BCUT2D eigenvalue weighted by atomic mass is 32.2. The van der Waals surface area contributed by atoms with Gasteiger partial charge in [-0.3, -0.25) is 4.79 Å². The van der Waals surface area contributed by atoms with Gasteiger partial charge >= 0.3 is 0 Å². The number of furan rings is 1. The summed E-state index contributed by atoms with van der Waals surface area (Å²) in [6.07, 6.45) is 8.51. The molecule has 1 N–H and O–H groups in total. The molecule has 1 aliphatic carbocycles. The van der Waals surface area contributed by atoms with Gasteiger partial charge in [0.05, 0.1) is 5.75 Å². The van der Waals surface area contributed by atoms with Crippen molar-refractivity contribution in [2.75, 3.05) is 19.6 Å². The number of amides is 1. The van der Waals surface area contributed by atoms with Crippen LogP contribution in [-0.4, -0.2) is 46.0 Å². The molecule has 0 radical (unpaired) electrons. The van der Waals surface area contributed by atoms with E-state index in [2.05, 4.69) is 10.3 Å². The zero-order valence-corrected chi connectivity index (χ0v) is 16.0. The molecule has 2 aromatic heterocycles. The molecule has 0 aromatic carbocycles. The fourth-order valence-electron chi connectivity index (χ4n) is 3.29. The SMILES string of the molecule is Cn1ccnc1SCc1ccc(C(=O)N2CCC(NCC3CC3)CC2)o1. The molecule has 0 atom stereocenters. The van der Waals surface area contributed by atoms with Crippen LogP contribution in [0.1, 0.15) is 42.0 Å². The predicted octanol–water partition coefficient (Wildman–Crippen LogP) is 2.91. The van der Waals surface area contributed by atoms with E-state index in [1.807, 2.05) is 28.8 Å². The van der Waals surface area contributed by atoms with Crippen molar-refractivity contribution in [3.63, 3.8) is 0 Å². The number of imidazole rings is 1. The highest BCUT2D eigenvalue weighted by molar-refractivity contribution is 7.98. The second kappa shape index (κ2) is 7.88. The topological polar surface area (TPSA) is 63.3 Å². The monoisotopic (exact) mass is 374 g/mol. The fourth-order valence-corrected chi connectivity index (χ4v) is 4.12. The summed E-state index contributed by atoms with van der Waals surface area (Å²) in [5.41, 5.74) is 0. The molecule has 1 aliphatic heterocycles. The number of thioether (sulfide) groups is 1. The first kappa shape index (κ1) is 17.7. The third-order valence-electron chi connectivity index (χ3n) is 5.17. The molecular weight excluding hydrogens is 348 g/mol. The second-order valence-corrected chi connectivity index (χ2v) is 8.24. The van der Waals surface area contributed by atoms with Crippen LogP contribution in [0.2, 0.25) is 0 Å². The maximum Gasteiger partial charge on any atom is 0.289 e. The molecule has 1 saturated carbocycles. The molecule has 0 bridgehead atoms. The molecule has 6 nitrogen and oxygen atoms in total. The fraction of sp³-hybridized carbons (Fsp3) is 0.579. The zero-order chi connectivity index (χ0) is 17.9. The lowest BCUT2D eigenvalue weighted by atomic mass is 10.0. The molecule has 3 heterocycles. The van der Waals surface area contributed by atoms with Crippen LogP contribution < -0.4 is 5.32 Å². The van der Waals surface area contributed by atoms with Crippen molar-refractivity contribution in [1.82, 2.24) is 19.8 Å². The third kappa shape index (κ3) is 4.32. The van der Waals surface area contributed by atoms with Gasteiger partial charge in [0.25, 0.3) is 5.91 Å². The molecule has 4 rings (SSSR count). The maximum atomic E-state index is 12.7. The van der Waals surface area contributed by atoms with Crippen LogP contribution in [0.15, 0.2) is 34.1 Å². The molecule has 2 aliphatic rings. The quantitative estimate of drug-likeness (QED) is 0.755. The minimum atomic E-state index is 0.0129. The van der Waals surface area contributed by atoms with Gasteiger partial charge in [-0.1, -0.05) is 11.8 Å². The number of rotatable bonds is 7. The van der Waals surface area contributed by atoms with Gasteiger partial charge in [0, 0.05) is 38.6 Å². The molecule has 26 heavy (non-hydrogen) atoms. The minimum Gasteiger partial charge on any atom is -0.455 e. The van der Waals surface area contributed by atoms with Crippen molar-refractivity contribution in [1.29, 1.82) is 0 Å². The zero-order valence-electron chi connectivity index (χ0n) is 15.2. The summed E-state index contributed by atoms with van der Waals surface area (Å²) in [6, 6.07) is 4.25. The molecule has 2 aromatic rings. The van der Waals surface area contributed by atoms with E-state index in [4.69, 9.17) is 4.42 Å². The number of nitrogens with zero attached hydrogens (tertiary/aromatic N) is 3. The Kier molecular flexibility index (Phi) is 5.36. The van der Waals surface area contributed by atoms with Gasteiger partial charge in [0.2, 0.25) is 0 Å². The van der Waals surface area contributed by atoms with Crippen molar-refractivity contribution >= 4 is 17.7 Å². The van der Waals surface area contributed by atoms with Crippen LogP contribution in [-0.2, 0) is 12.8 Å². The van der Waals surface area contributed by atoms with Crippen LogP contribution in [0.3, 0.4) is 0 Å². The molecular formula is C19H26N4O2S. The number of likely N-dealkylation sites (tertiary alicyclic amines) is 1. The largest absolute Gasteiger partial charge is 0.455 e. The first-order chi connectivity index (χ1) is 12.7. The van der Waals surface area contributed by atoms with Crippen LogP contribution in [0.4, 0.5) is 0 Å². The summed E-state index contributed by atoms with van der Waals surface area (Å²) in [5, 5.41) is 4.59. The van der Waals surface area contributed by atoms with Gasteiger partial charge < -0.3 is 19.2 Å². The first-order valence-corrected chi connectivity index (χ1v) is 10.4. The van der Waals surface area contributed by atoms with E-state index in [0.29, 0.717) is 17.6 Å². The van der Waals surface area contributed by atoms with Crippen molar-refractivity contribution in [2.24, 2.45) is 13.0 Å². The summed E-state index contributed by atoms with van der Waals surface area (Å²) in [7, 11) is 1.97. The average molecular weight is 375 g/mol. The Labute approximate surface area is 158 Å². The van der Waals surface area contributed by atoms with E-state index >= 15 is 0 Å². The van der Waals surface area contributed by atoms with Gasteiger partial charge in [-0.05, 0) is 50.3 Å². The molecule has 0 unspecified atom stereocenters. The Bertz CT molecular complexity index is 744. The number of aryl methyl sites for hydroxylation is 1. The van der Waals surface area contributed by atoms with Crippen LogP contribution in [0.25, 0.3) is 0 Å². The van der Waals surface area contributed by atoms with E-state index in [9.17, 15) is 4.79 Å². The molecule has 1 amide bonds. The number of nitrogens with one attached hydrogen (secondary N) is 1. The predicted molar refractivity (Wildman–Crippen MR) is 101 cm³/mol. The van der Waals surface area contributed by atoms with E-state index in [-0.39, 0.29) is 5.91 Å². The molecule has 1 saturated heterocycles. The summed E-state index contributed by atoms with van der Waals surface area (Å²) in [4.78, 5) is 18.9. The average Bonchev–Trinajstić information content (AvgIpc) is 3.22. The van der Waals surface area contributed by atoms with Crippen molar-refractivity contribution in [3.8, 4) is 0 Å². The number of piperidine rings is 1. The lowest BCUT2D eigenvalue weighted by molar-refractivity contribution is 0.0671. The Morgan fingerprint density at radius 1 is 1.31 bits per heavy atom. The Morgan fingerprint density at radius 3 is 2.81 bits per heavy atom. The van der Waals surface area contributed by atoms with E-state index in [1.54, 1.807) is 24.0 Å². The van der Waals surface area contributed by atoms with Crippen molar-refractivity contribution in [2.45, 2.75) is 42.6 Å². The molecule has 2 fully saturated rings. The van der Waals surface area contributed by atoms with E-state index in [0.717, 1.165) is 49.3 Å². The lowest BCUT2D eigenvalue weighted by Crippen LogP contribution is -2.45. The maximum absolute atomic E-state index is 12.7. The molecule has 0 spiro atoms. The molecule has 7 heteroatoms. The highest BCUT2D eigenvalue weighted by Gasteiger charge is 2.27. The summed E-state index contributed by atoms with van der Waals surface area (Å²) >= 11 is 1.61. The van der Waals surface area contributed by atoms with E-state index in [1.165, 1.54) is 12.8 Å². The van der Waals surface area contributed by atoms with Gasteiger partial charge in [0.15, 0.2) is 10.9 Å². The standard InChI is InChI=1S/C19H26N4O2S/c1-22-11-8-20-19(22)26-13-16-4-5-17(25-16)18(24)23-9-6-15(7-10-23)21-12-14-2-3-14/h4-5,8,11,14-15,21H,2-3,6-7,9-10,12-13H2,1H3. The summed E-state index contributed by atoms with van der Waals surface area (Å²) in [5.74, 6) is 2.84. The van der Waals surface area contributed by atoms with Gasteiger partial charge in [-0.25, -0.2) is 4.98 Å². The number of carbonyl (C=O) groups is 1. The van der Waals surface area contributed by atoms with Gasteiger partial charge in [-0.15, -0.1) is 0 Å². The number of aromatic nitrogens is 2. The molecule has 140 valence electrons. The highest BCUT2D eigenvalue weighted by Crippen LogP contribution is 2.28.